The molecule has 0 amide bonds. The standard InChI is InChI=1S/C17H23N/c1-11(2)14-10-18-16-13(12(14)3)8-7-9-15(16)17(4,5)6/h7-11H,1-6H3. The van der Waals surface area contributed by atoms with Crippen LogP contribution in [0.4, 0.5) is 0 Å². The van der Waals surface area contributed by atoms with Crippen molar-refractivity contribution in [2.75, 3.05) is 0 Å². The SMILES string of the molecule is Cc1c(C(C)C)cnc2c(C(C)(C)C)cccc12. The van der Waals surface area contributed by atoms with Gasteiger partial charge in [0.2, 0.25) is 0 Å². The summed E-state index contributed by atoms with van der Waals surface area (Å²) in [4.78, 5) is 4.73. The number of nitrogens with zero attached hydrogens (tertiary/aromatic N) is 1. The van der Waals surface area contributed by atoms with E-state index in [9.17, 15) is 0 Å². The Bertz CT molecular complexity index is 574. The van der Waals surface area contributed by atoms with E-state index < -0.39 is 0 Å². The summed E-state index contributed by atoms with van der Waals surface area (Å²) in [6, 6.07) is 6.55. The van der Waals surface area contributed by atoms with Crippen LogP contribution in [0.2, 0.25) is 0 Å². The second kappa shape index (κ2) is 4.38. The van der Waals surface area contributed by atoms with Crippen molar-refractivity contribution in [2.45, 2.75) is 52.9 Å². The number of rotatable bonds is 1. The van der Waals surface area contributed by atoms with E-state index in [0.717, 1.165) is 5.52 Å². The molecular weight excluding hydrogens is 218 g/mol. The van der Waals surface area contributed by atoms with Gasteiger partial charge < -0.3 is 0 Å². The lowest BCUT2D eigenvalue weighted by molar-refractivity contribution is 0.594. The Morgan fingerprint density at radius 3 is 2.33 bits per heavy atom. The molecule has 0 fully saturated rings. The van der Waals surface area contributed by atoms with Crippen LogP contribution in [0, 0.1) is 6.92 Å². The van der Waals surface area contributed by atoms with E-state index >= 15 is 0 Å². The first-order valence-corrected chi connectivity index (χ1v) is 6.71. The van der Waals surface area contributed by atoms with Gasteiger partial charge in [0.15, 0.2) is 0 Å². The van der Waals surface area contributed by atoms with Crippen LogP contribution in [-0.4, -0.2) is 4.98 Å². The van der Waals surface area contributed by atoms with Crippen LogP contribution < -0.4 is 0 Å². The molecule has 96 valence electrons. The van der Waals surface area contributed by atoms with E-state index in [1.54, 1.807) is 0 Å². The van der Waals surface area contributed by atoms with Gasteiger partial charge >= 0.3 is 0 Å². The summed E-state index contributed by atoms with van der Waals surface area (Å²) in [5.41, 5.74) is 5.36. The third-order valence-electron chi connectivity index (χ3n) is 3.64. The highest BCUT2D eigenvalue weighted by molar-refractivity contribution is 5.86. The summed E-state index contributed by atoms with van der Waals surface area (Å²) in [5, 5.41) is 1.30. The van der Waals surface area contributed by atoms with Gasteiger partial charge in [0.1, 0.15) is 0 Å². The molecule has 18 heavy (non-hydrogen) atoms. The Balaban J connectivity index is 2.79. The lowest BCUT2D eigenvalue weighted by Crippen LogP contribution is -2.12. The maximum absolute atomic E-state index is 4.73. The van der Waals surface area contributed by atoms with E-state index in [4.69, 9.17) is 4.98 Å². The fourth-order valence-corrected chi connectivity index (χ4v) is 2.56. The van der Waals surface area contributed by atoms with Crippen molar-refractivity contribution in [1.29, 1.82) is 0 Å². The van der Waals surface area contributed by atoms with Gasteiger partial charge in [-0.15, -0.1) is 0 Å². The number of fused-ring (bicyclic) bond motifs is 1. The number of aromatic nitrogens is 1. The molecular formula is C17H23N. The van der Waals surface area contributed by atoms with Gasteiger partial charge in [-0.2, -0.15) is 0 Å². The van der Waals surface area contributed by atoms with Gasteiger partial charge in [-0.3, -0.25) is 4.98 Å². The first-order chi connectivity index (χ1) is 8.32. The first-order valence-electron chi connectivity index (χ1n) is 6.71. The molecule has 0 aliphatic rings. The van der Waals surface area contributed by atoms with E-state index in [1.807, 2.05) is 0 Å². The molecule has 0 aliphatic carbocycles. The fraction of sp³-hybridized carbons (Fsp3) is 0.471. The van der Waals surface area contributed by atoms with Crippen molar-refractivity contribution in [3.8, 4) is 0 Å². The molecule has 1 heteroatoms. The zero-order chi connectivity index (χ0) is 13.5. The summed E-state index contributed by atoms with van der Waals surface area (Å²) in [6.45, 7) is 13.4. The summed E-state index contributed by atoms with van der Waals surface area (Å²) >= 11 is 0. The van der Waals surface area contributed by atoms with Crippen LogP contribution in [-0.2, 0) is 5.41 Å². The van der Waals surface area contributed by atoms with E-state index in [1.165, 1.54) is 22.1 Å². The van der Waals surface area contributed by atoms with Crippen molar-refractivity contribution in [3.05, 3.63) is 41.1 Å². The highest BCUT2D eigenvalue weighted by atomic mass is 14.7. The zero-order valence-corrected chi connectivity index (χ0v) is 12.3. The van der Waals surface area contributed by atoms with Gasteiger partial charge in [-0.25, -0.2) is 0 Å². The van der Waals surface area contributed by atoms with Crippen LogP contribution in [0.25, 0.3) is 10.9 Å². The highest BCUT2D eigenvalue weighted by Crippen LogP contribution is 2.32. The van der Waals surface area contributed by atoms with E-state index in [2.05, 4.69) is 65.9 Å². The molecule has 1 nitrogen and oxygen atoms in total. The third kappa shape index (κ3) is 2.14. The molecule has 1 aromatic heterocycles. The Hall–Kier alpha value is -1.37. The maximum Gasteiger partial charge on any atom is 0.0742 e. The fourth-order valence-electron chi connectivity index (χ4n) is 2.56. The van der Waals surface area contributed by atoms with E-state index in [-0.39, 0.29) is 5.41 Å². The van der Waals surface area contributed by atoms with Crippen molar-refractivity contribution in [1.82, 2.24) is 4.98 Å². The average Bonchev–Trinajstić information content (AvgIpc) is 2.27. The van der Waals surface area contributed by atoms with Crippen LogP contribution in [0.1, 0.15) is 57.2 Å². The second-order valence-corrected chi connectivity index (χ2v) is 6.44. The molecule has 1 heterocycles. The molecule has 0 spiro atoms. The highest BCUT2D eigenvalue weighted by Gasteiger charge is 2.19. The molecule has 0 saturated carbocycles. The molecule has 0 atom stereocenters. The Labute approximate surface area is 110 Å². The molecule has 0 unspecified atom stereocenters. The number of pyridine rings is 1. The van der Waals surface area contributed by atoms with Crippen LogP contribution in [0.5, 0.6) is 0 Å². The maximum atomic E-state index is 4.73. The Morgan fingerprint density at radius 1 is 1.11 bits per heavy atom. The zero-order valence-electron chi connectivity index (χ0n) is 12.3. The summed E-state index contributed by atoms with van der Waals surface area (Å²) in [7, 11) is 0. The van der Waals surface area contributed by atoms with Crippen LogP contribution in [0.3, 0.4) is 0 Å². The Kier molecular flexibility index (Phi) is 3.18. The lowest BCUT2D eigenvalue weighted by atomic mass is 9.84. The van der Waals surface area contributed by atoms with Gasteiger partial charge in [0.05, 0.1) is 5.52 Å². The molecule has 0 saturated heterocycles. The summed E-state index contributed by atoms with van der Waals surface area (Å²) in [6.07, 6.45) is 2.05. The Morgan fingerprint density at radius 2 is 1.78 bits per heavy atom. The molecule has 0 aliphatic heterocycles. The predicted octanol–water partition coefficient (Wildman–Crippen LogP) is 4.96. The smallest absolute Gasteiger partial charge is 0.0742 e. The third-order valence-corrected chi connectivity index (χ3v) is 3.64. The lowest BCUT2D eigenvalue weighted by Gasteiger charge is -2.22. The average molecular weight is 241 g/mol. The van der Waals surface area contributed by atoms with Crippen molar-refractivity contribution in [3.63, 3.8) is 0 Å². The predicted molar refractivity (Wildman–Crippen MR) is 79.3 cm³/mol. The van der Waals surface area contributed by atoms with Gasteiger partial charge in [0.25, 0.3) is 0 Å². The van der Waals surface area contributed by atoms with Crippen LogP contribution >= 0.6 is 0 Å². The van der Waals surface area contributed by atoms with Crippen molar-refractivity contribution >= 4 is 10.9 Å². The van der Waals surface area contributed by atoms with Gasteiger partial charge in [-0.1, -0.05) is 52.8 Å². The summed E-state index contributed by atoms with van der Waals surface area (Å²) in [5.74, 6) is 0.528. The largest absolute Gasteiger partial charge is 0.256 e. The topological polar surface area (TPSA) is 12.9 Å². The minimum Gasteiger partial charge on any atom is -0.256 e. The molecule has 1 aromatic carbocycles. The molecule has 2 rings (SSSR count). The molecule has 0 radical (unpaired) electrons. The quantitative estimate of drug-likeness (QED) is 0.687. The van der Waals surface area contributed by atoms with Gasteiger partial charge in [-0.05, 0) is 34.9 Å². The number of aryl methyl sites for hydroxylation is 1. The first kappa shape index (κ1) is 13.1. The molecule has 0 bridgehead atoms. The van der Waals surface area contributed by atoms with Crippen molar-refractivity contribution < 1.29 is 0 Å². The minimum absolute atomic E-state index is 0.137. The van der Waals surface area contributed by atoms with Gasteiger partial charge in [0, 0.05) is 11.6 Å². The number of para-hydroxylation sites is 1. The number of hydrogen-bond donors (Lipinski definition) is 0. The summed E-state index contributed by atoms with van der Waals surface area (Å²) < 4.78 is 0. The minimum atomic E-state index is 0.137. The molecule has 0 N–H and O–H groups in total. The van der Waals surface area contributed by atoms with E-state index in [0.29, 0.717) is 5.92 Å². The molecule has 2 aromatic rings. The second-order valence-electron chi connectivity index (χ2n) is 6.44. The van der Waals surface area contributed by atoms with Crippen LogP contribution in [0.15, 0.2) is 24.4 Å². The normalized spacial score (nSPS) is 12.4. The number of benzene rings is 1. The van der Waals surface area contributed by atoms with Crippen molar-refractivity contribution in [2.24, 2.45) is 0 Å². The monoisotopic (exact) mass is 241 g/mol. The number of hydrogen-bond acceptors (Lipinski definition) is 1.